The number of carbonyl (C=O) groups is 1. The lowest BCUT2D eigenvalue weighted by atomic mass is 9.88. The Labute approximate surface area is 179 Å². The van der Waals surface area contributed by atoms with Crippen LogP contribution in [0.4, 0.5) is 11.5 Å². The molecule has 0 bridgehead atoms. The Morgan fingerprint density at radius 1 is 1.03 bits per heavy atom. The van der Waals surface area contributed by atoms with Gasteiger partial charge in [0.05, 0.1) is 0 Å². The topological polar surface area (TPSA) is 59.9 Å². The fourth-order valence-electron chi connectivity index (χ4n) is 4.58. The van der Waals surface area contributed by atoms with Gasteiger partial charge in [-0.05, 0) is 37.1 Å². The van der Waals surface area contributed by atoms with Crippen LogP contribution in [-0.2, 0) is 4.79 Å². The number of aromatic hydroxyl groups is 1. The van der Waals surface area contributed by atoms with Gasteiger partial charge in [0.2, 0.25) is 5.91 Å². The van der Waals surface area contributed by atoms with E-state index in [9.17, 15) is 9.90 Å². The number of rotatable bonds is 6. The Hall–Kier alpha value is -2.60. The van der Waals surface area contributed by atoms with E-state index in [1.165, 1.54) is 6.42 Å². The summed E-state index contributed by atoms with van der Waals surface area (Å²) in [5, 5.41) is 9.73. The third-order valence-electron chi connectivity index (χ3n) is 6.35. The first kappa shape index (κ1) is 20.7. The summed E-state index contributed by atoms with van der Waals surface area (Å²) in [4.78, 5) is 24.4. The molecular formula is C24H32N4O2. The van der Waals surface area contributed by atoms with Crippen molar-refractivity contribution in [3.63, 3.8) is 0 Å². The molecule has 1 N–H and O–H groups in total. The number of anilines is 2. The van der Waals surface area contributed by atoms with E-state index >= 15 is 0 Å². The fourth-order valence-corrected chi connectivity index (χ4v) is 4.58. The molecule has 1 aromatic heterocycles. The summed E-state index contributed by atoms with van der Waals surface area (Å²) in [6, 6.07) is 13.3. The molecule has 0 spiro atoms. The Bertz CT molecular complexity index is 815. The van der Waals surface area contributed by atoms with Crippen LogP contribution in [-0.4, -0.2) is 60.2 Å². The number of aromatic nitrogens is 1. The molecule has 6 nitrogen and oxygen atoms in total. The standard InChI is InChI=1S/C24H32N4O2/c29-22-10-6-9-21(19-22)27-16-13-26(14-17-27)15-18-28(23-11-4-5-12-25-23)24(30)20-7-2-1-3-8-20/h4-6,9-12,19-20,29H,1-3,7-8,13-18H2. The number of hydrogen-bond donors (Lipinski definition) is 1. The molecule has 0 unspecified atom stereocenters. The first-order valence-electron chi connectivity index (χ1n) is 11.2. The van der Waals surface area contributed by atoms with Crippen molar-refractivity contribution in [3.05, 3.63) is 48.7 Å². The zero-order chi connectivity index (χ0) is 20.8. The van der Waals surface area contributed by atoms with Gasteiger partial charge in [-0.1, -0.05) is 31.4 Å². The minimum atomic E-state index is 0.142. The number of benzene rings is 1. The molecule has 2 heterocycles. The van der Waals surface area contributed by atoms with E-state index in [0.29, 0.717) is 12.3 Å². The van der Waals surface area contributed by atoms with Crippen LogP contribution in [0, 0.1) is 5.92 Å². The molecule has 160 valence electrons. The van der Waals surface area contributed by atoms with Gasteiger partial charge in [-0.3, -0.25) is 14.6 Å². The Morgan fingerprint density at radius 2 is 1.83 bits per heavy atom. The van der Waals surface area contributed by atoms with Crippen molar-refractivity contribution in [2.45, 2.75) is 32.1 Å². The second kappa shape index (κ2) is 9.94. The highest BCUT2D eigenvalue weighted by Gasteiger charge is 2.28. The maximum atomic E-state index is 13.3. The number of piperazine rings is 1. The summed E-state index contributed by atoms with van der Waals surface area (Å²) in [6.45, 7) is 5.27. The average Bonchev–Trinajstić information content (AvgIpc) is 2.81. The monoisotopic (exact) mass is 408 g/mol. The Morgan fingerprint density at radius 3 is 2.53 bits per heavy atom. The van der Waals surface area contributed by atoms with Crippen molar-refractivity contribution in [1.82, 2.24) is 9.88 Å². The zero-order valence-electron chi connectivity index (χ0n) is 17.6. The van der Waals surface area contributed by atoms with E-state index in [2.05, 4.69) is 14.8 Å². The second-order valence-electron chi connectivity index (χ2n) is 8.36. The van der Waals surface area contributed by atoms with Crippen molar-refractivity contribution in [2.75, 3.05) is 49.1 Å². The summed E-state index contributed by atoms with van der Waals surface area (Å²) in [5.74, 6) is 1.46. The summed E-state index contributed by atoms with van der Waals surface area (Å²) >= 11 is 0. The summed E-state index contributed by atoms with van der Waals surface area (Å²) < 4.78 is 0. The van der Waals surface area contributed by atoms with E-state index in [4.69, 9.17) is 0 Å². The maximum Gasteiger partial charge on any atom is 0.231 e. The van der Waals surface area contributed by atoms with E-state index in [-0.39, 0.29) is 11.8 Å². The lowest BCUT2D eigenvalue weighted by Gasteiger charge is -2.37. The maximum absolute atomic E-state index is 13.3. The minimum absolute atomic E-state index is 0.142. The number of amides is 1. The third kappa shape index (κ3) is 5.11. The van der Waals surface area contributed by atoms with E-state index in [1.807, 2.05) is 41.3 Å². The summed E-state index contributed by atoms with van der Waals surface area (Å²) in [6.07, 6.45) is 7.34. The first-order chi connectivity index (χ1) is 14.7. The van der Waals surface area contributed by atoms with E-state index in [1.54, 1.807) is 12.3 Å². The molecule has 0 radical (unpaired) electrons. The molecule has 6 heteroatoms. The van der Waals surface area contributed by atoms with Crippen molar-refractivity contribution in [3.8, 4) is 5.75 Å². The molecule has 2 aliphatic rings. The molecule has 2 aromatic rings. The fraction of sp³-hybridized carbons (Fsp3) is 0.500. The van der Waals surface area contributed by atoms with Gasteiger partial charge in [0.1, 0.15) is 11.6 Å². The smallest absolute Gasteiger partial charge is 0.231 e. The van der Waals surface area contributed by atoms with Gasteiger partial charge < -0.3 is 10.0 Å². The van der Waals surface area contributed by atoms with Crippen molar-refractivity contribution in [2.24, 2.45) is 5.92 Å². The van der Waals surface area contributed by atoms with Gasteiger partial charge in [0.25, 0.3) is 0 Å². The van der Waals surface area contributed by atoms with Gasteiger partial charge in [-0.25, -0.2) is 4.98 Å². The van der Waals surface area contributed by atoms with E-state index < -0.39 is 0 Å². The molecule has 1 saturated carbocycles. The van der Waals surface area contributed by atoms with E-state index in [0.717, 1.165) is 69.9 Å². The second-order valence-corrected chi connectivity index (χ2v) is 8.36. The number of phenols is 1. The number of carbonyl (C=O) groups excluding carboxylic acids is 1. The normalized spacial score (nSPS) is 18.3. The molecule has 1 aliphatic carbocycles. The molecule has 1 aliphatic heterocycles. The largest absolute Gasteiger partial charge is 0.508 e. The molecule has 2 fully saturated rings. The molecule has 30 heavy (non-hydrogen) atoms. The number of nitrogens with zero attached hydrogens (tertiary/aromatic N) is 4. The van der Waals surface area contributed by atoms with Crippen LogP contribution in [0.25, 0.3) is 0 Å². The molecule has 0 atom stereocenters. The number of phenolic OH excluding ortho intramolecular Hbond substituents is 1. The summed E-state index contributed by atoms with van der Waals surface area (Å²) in [7, 11) is 0. The van der Waals surface area contributed by atoms with Crippen LogP contribution in [0.1, 0.15) is 32.1 Å². The summed E-state index contributed by atoms with van der Waals surface area (Å²) in [5.41, 5.74) is 1.07. The van der Waals surface area contributed by atoms with Gasteiger partial charge >= 0.3 is 0 Å². The van der Waals surface area contributed by atoms with Crippen LogP contribution in [0.15, 0.2) is 48.7 Å². The van der Waals surface area contributed by atoms with Crippen LogP contribution in [0.2, 0.25) is 0 Å². The van der Waals surface area contributed by atoms with Gasteiger partial charge in [-0.2, -0.15) is 0 Å². The van der Waals surface area contributed by atoms with Crippen LogP contribution in [0.5, 0.6) is 5.75 Å². The lowest BCUT2D eigenvalue weighted by Crippen LogP contribution is -2.49. The third-order valence-corrected chi connectivity index (χ3v) is 6.35. The highest BCUT2D eigenvalue weighted by atomic mass is 16.3. The van der Waals surface area contributed by atoms with Crippen LogP contribution in [0.3, 0.4) is 0 Å². The van der Waals surface area contributed by atoms with Gasteiger partial charge in [-0.15, -0.1) is 0 Å². The lowest BCUT2D eigenvalue weighted by molar-refractivity contribution is -0.123. The predicted octanol–water partition coefficient (Wildman–Crippen LogP) is 3.52. The Kier molecular flexibility index (Phi) is 6.84. The highest BCUT2D eigenvalue weighted by Crippen LogP contribution is 2.27. The Balaban J connectivity index is 1.35. The van der Waals surface area contributed by atoms with Crippen molar-refractivity contribution in [1.29, 1.82) is 0 Å². The number of hydrogen-bond acceptors (Lipinski definition) is 5. The highest BCUT2D eigenvalue weighted by molar-refractivity contribution is 5.94. The quantitative estimate of drug-likeness (QED) is 0.792. The SMILES string of the molecule is O=C(C1CCCCC1)N(CCN1CCN(c2cccc(O)c2)CC1)c1ccccn1. The van der Waals surface area contributed by atoms with Gasteiger partial charge in [0, 0.05) is 63.1 Å². The van der Waals surface area contributed by atoms with Crippen LogP contribution >= 0.6 is 0 Å². The zero-order valence-corrected chi connectivity index (χ0v) is 17.6. The van der Waals surface area contributed by atoms with Crippen molar-refractivity contribution >= 4 is 17.4 Å². The van der Waals surface area contributed by atoms with Gasteiger partial charge in [0.15, 0.2) is 0 Å². The minimum Gasteiger partial charge on any atom is -0.508 e. The molecule has 1 saturated heterocycles. The van der Waals surface area contributed by atoms with Crippen molar-refractivity contribution < 1.29 is 9.90 Å². The first-order valence-corrected chi connectivity index (χ1v) is 11.2. The molecule has 1 aromatic carbocycles. The average molecular weight is 409 g/mol. The van der Waals surface area contributed by atoms with Crippen LogP contribution < -0.4 is 9.80 Å². The number of pyridine rings is 1. The molecule has 1 amide bonds. The molecule has 4 rings (SSSR count). The molecular weight excluding hydrogens is 376 g/mol. The predicted molar refractivity (Wildman–Crippen MR) is 120 cm³/mol.